The number of carbonyl (C=O) groups is 4. The van der Waals surface area contributed by atoms with E-state index in [0.29, 0.717) is 22.5 Å². The first-order valence-electron chi connectivity index (χ1n) is 16.2. The molecule has 0 radical (unpaired) electrons. The van der Waals surface area contributed by atoms with Gasteiger partial charge in [-0.1, -0.05) is 71.8 Å². The quantitative estimate of drug-likeness (QED) is 0.134. The first-order chi connectivity index (χ1) is 23.6. The molecule has 3 fully saturated rings. The summed E-state index contributed by atoms with van der Waals surface area (Å²) in [6.07, 6.45) is 2.21. The number of rotatable bonds is 5. The number of allylic oxidation sites excluding steroid dienone is 2. The lowest BCUT2D eigenvalue weighted by Crippen LogP contribution is -2.53. The topological polar surface area (TPSA) is 107 Å². The number of imide groups is 2. The Morgan fingerprint density at radius 2 is 1.55 bits per heavy atom. The molecule has 4 aliphatic rings. The summed E-state index contributed by atoms with van der Waals surface area (Å²) in [6.45, 7) is 1.93. The highest BCUT2D eigenvalue weighted by Gasteiger charge is 2.70. The number of phenolic OH excluding ortho intramolecular Hbond substituents is 1. The number of hydrazine groups is 1. The molecule has 2 N–H and O–H groups in total. The third kappa shape index (κ3) is 4.59. The Morgan fingerprint density at radius 3 is 2.27 bits per heavy atom. The number of benzene rings is 4. The molecule has 4 amide bonds. The van der Waals surface area contributed by atoms with Gasteiger partial charge in [0.1, 0.15) is 0 Å². The zero-order valence-corrected chi connectivity index (χ0v) is 28.5. The molecule has 49 heavy (non-hydrogen) atoms. The molecule has 4 aromatic rings. The molecule has 6 atom stereocenters. The first kappa shape index (κ1) is 31.4. The maximum atomic E-state index is 15.2. The highest BCUT2D eigenvalue weighted by molar-refractivity contribution is 14.1. The normalized spacial score (nSPS) is 27.5. The molecular weight excluding hydrogens is 736 g/mol. The van der Waals surface area contributed by atoms with Gasteiger partial charge >= 0.3 is 0 Å². The maximum Gasteiger partial charge on any atom is 0.260 e. The van der Waals surface area contributed by atoms with Crippen LogP contribution in [-0.2, 0) is 24.6 Å². The zero-order valence-electron chi connectivity index (χ0n) is 26.3. The van der Waals surface area contributed by atoms with Crippen LogP contribution in [0.3, 0.4) is 0 Å². The number of carbonyl (C=O) groups excluding carboxylic acids is 4. The summed E-state index contributed by atoms with van der Waals surface area (Å²) in [7, 11) is 0. The van der Waals surface area contributed by atoms with E-state index in [1.165, 1.54) is 11.0 Å². The van der Waals surface area contributed by atoms with Gasteiger partial charge in [0.05, 0.1) is 34.5 Å². The molecule has 6 unspecified atom stereocenters. The molecule has 2 aliphatic carbocycles. The van der Waals surface area contributed by atoms with Crippen LogP contribution in [0.5, 0.6) is 5.75 Å². The van der Waals surface area contributed by atoms with Crippen LogP contribution < -0.4 is 10.3 Å². The zero-order chi connectivity index (χ0) is 34.2. The lowest BCUT2D eigenvalue weighted by molar-refractivity contribution is -0.138. The van der Waals surface area contributed by atoms with Crippen molar-refractivity contribution in [3.05, 3.63) is 135 Å². The average molecular weight is 768 g/mol. The minimum Gasteiger partial charge on any atom is -0.505 e. The molecule has 8 nitrogen and oxygen atoms in total. The van der Waals surface area contributed by atoms with Crippen molar-refractivity contribution in [2.45, 2.75) is 31.1 Å². The van der Waals surface area contributed by atoms with E-state index in [2.05, 4.69) is 28.0 Å². The second-order valence-electron chi connectivity index (χ2n) is 13.3. The summed E-state index contributed by atoms with van der Waals surface area (Å²) in [4.78, 5) is 59.3. The smallest absolute Gasteiger partial charge is 0.260 e. The largest absolute Gasteiger partial charge is 0.505 e. The van der Waals surface area contributed by atoms with Gasteiger partial charge in [0.15, 0.2) is 11.6 Å². The van der Waals surface area contributed by atoms with E-state index in [4.69, 9.17) is 0 Å². The fourth-order valence-corrected chi connectivity index (χ4v) is 9.06. The van der Waals surface area contributed by atoms with E-state index in [1.54, 1.807) is 54.6 Å². The Bertz CT molecular complexity index is 2070. The number of hydrogen-bond acceptors (Lipinski definition) is 6. The molecular formula is C39H31FIN3O5. The summed E-state index contributed by atoms with van der Waals surface area (Å²) in [6, 6.07) is 27.6. The molecule has 0 spiro atoms. The molecule has 1 saturated carbocycles. The van der Waals surface area contributed by atoms with E-state index in [-0.39, 0.29) is 30.2 Å². The van der Waals surface area contributed by atoms with Gasteiger partial charge in [-0.2, -0.15) is 5.01 Å². The minimum atomic E-state index is -1.60. The van der Waals surface area contributed by atoms with Crippen molar-refractivity contribution >= 4 is 57.6 Å². The molecule has 10 heteroatoms. The molecule has 2 aliphatic heterocycles. The van der Waals surface area contributed by atoms with Crippen molar-refractivity contribution < 1.29 is 28.7 Å². The van der Waals surface area contributed by atoms with Crippen molar-refractivity contribution in [1.29, 1.82) is 0 Å². The van der Waals surface area contributed by atoms with Gasteiger partial charge in [-0.05, 0) is 96.3 Å². The van der Waals surface area contributed by atoms with E-state index >= 15 is 9.18 Å². The number of aromatic hydroxyl groups is 1. The van der Waals surface area contributed by atoms with E-state index < -0.39 is 58.4 Å². The summed E-state index contributed by atoms with van der Waals surface area (Å²) in [5.41, 5.74) is 4.77. The van der Waals surface area contributed by atoms with Crippen LogP contribution in [-0.4, -0.2) is 33.7 Å². The third-order valence-corrected chi connectivity index (χ3v) is 11.5. The Kier molecular flexibility index (Phi) is 7.47. The van der Waals surface area contributed by atoms with E-state index in [1.807, 2.05) is 43.3 Å². The van der Waals surface area contributed by atoms with Gasteiger partial charge < -0.3 is 5.11 Å². The molecule has 0 aromatic heterocycles. The Morgan fingerprint density at radius 1 is 0.837 bits per heavy atom. The van der Waals surface area contributed by atoms with E-state index in [0.717, 1.165) is 20.2 Å². The molecule has 0 bridgehead atoms. The number of fused-ring (bicyclic) bond motifs is 4. The summed E-state index contributed by atoms with van der Waals surface area (Å²) in [5.74, 6) is -7.34. The minimum absolute atomic E-state index is 0.102. The van der Waals surface area contributed by atoms with Crippen LogP contribution in [0.2, 0.25) is 0 Å². The number of anilines is 2. The van der Waals surface area contributed by atoms with Crippen molar-refractivity contribution in [3.8, 4) is 5.75 Å². The average Bonchev–Trinajstić information content (AvgIpc) is 3.49. The fourth-order valence-electron chi connectivity index (χ4n) is 8.70. The number of nitrogens with one attached hydrogen (secondary N) is 1. The number of hydrogen-bond donors (Lipinski definition) is 2. The number of aryl methyl sites for hydroxylation is 1. The van der Waals surface area contributed by atoms with Crippen LogP contribution >= 0.6 is 22.6 Å². The number of halogens is 2. The maximum absolute atomic E-state index is 15.2. The van der Waals surface area contributed by atoms with Crippen LogP contribution in [0.25, 0.3) is 0 Å². The number of amides is 4. The van der Waals surface area contributed by atoms with Crippen LogP contribution in [0.4, 0.5) is 15.8 Å². The predicted octanol–water partition coefficient (Wildman–Crippen LogP) is 6.63. The molecule has 2 heterocycles. The standard InChI is InChI=1S/C39H31FIN3O5/c1-21-10-14-24(15-11-21)42-44-36(47)30-20-29-26(18-19-27-32(29)37(48)43(35(27)46)25-16-12-23(41)13-17-25)33(28-8-5-9-31(40)34(28)45)39(30,38(44)49)22-6-3-2-4-7-22/h2-18,27,29-30,32-33,42,45H,19-20H2,1H3. The van der Waals surface area contributed by atoms with Gasteiger partial charge in [0.25, 0.3) is 11.8 Å². The summed E-state index contributed by atoms with van der Waals surface area (Å²) >= 11 is 2.16. The van der Waals surface area contributed by atoms with E-state index in [9.17, 15) is 19.5 Å². The van der Waals surface area contributed by atoms with Gasteiger partial charge in [0, 0.05) is 15.1 Å². The fraction of sp³-hybridized carbons (Fsp3) is 0.231. The monoisotopic (exact) mass is 767 g/mol. The van der Waals surface area contributed by atoms with Crippen LogP contribution in [0, 0.1) is 40.0 Å². The molecule has 2 saturated heterocycles. The van der Waals surface area contributed by atoms with Crippen LogP contribution in [0.15, 0.2) is 109 Å². The van der Waals surface area contributed by atoms with Crippen molar-refractivity contribution in [3.63, 3.8) is 0 Å². The molecule has 246 valence electrons. The lowest BCUT2D eigenvalue weighted by Gasteiger charge is -2.50. The first-order valence-corrected chi connectivity index (χ1v) is 17.3. The number of nitrogens with zero attached hydrogens (tertiary/aromatic N) is 2. The Labute approximate surface area is 295 Å². The van der Waals surface area contributed by atoms with Gasteiger partial charge in [-0.25, -0.2) is 4.39 Å². The SMILES string of the molecule is Cc1ccc(NN2C(=O)C3CC4C(=CCC5C(=O)N(c6ccc(I)cc6)C(=O)C54)C(c4cccc(F)c4O)C3(c3ccccc3)C2=O)cc1. The van der Waals surface area contributed by atoms with Gasteiger partial charge in [0.2, 0.25) is 11.8 Å². The second kappa shape index (κ2) is 11.6. The second-order valence-corrected chi connectivity index (χ2v) is 14.5. The number of phenols is 1. The summed E-state index contributed by atoms with van der Waals surface area (Å²) in [5, 5.41) is 12.4. The Hall–Kier alpha value is -4.84. The van der Waals surface area contributed by atoms with Crippen molar-refractivity contribution in [1.82, 2.24) is 5.01 Å². The molecule has 8 rings (SSSR count). The molecule has 4 aromatic carbocycles. The highest BCUT2D eigenvalue weighted by Crippen LogP contribution is 2.65. The lowest BCUT2D eigenvalue weighted by atomic mass is 9.49. The number of para-hydroxylation sites is 1. The van der Waals surface area contributed by atoms with Crippen molar-refractivity contribution in [2.24, 2.45) is 23.7 Å². The van der Waals surface area contributed by atoms with Crippen molar-refractivity contribution in [2.75, 3.05) is 10.3 Å². The van der Waals surface area contributed by atoms with Crippen LogP contribution in [0.1, 0.15) is 35.4 Å². The predicted molar refractivity (Wildman–Crippen MR) is 189 cm³/mol. The third-order valence-electron chi connectivity index (χ3n) is 10.8. The van der Waals surface area contributed by atoms with Gasteiger partial charge in [-0.3, -0.25) is 29.5 Å². The highest BCUT2D eigenvalue weighted by atomic mass is 127. The summed E-state index contributed by atoms with van der Waals surface area (Å²) < 4.78 is 16.2. The van der Waals surface area contributed by atoms with Gasteiger partial charge in [-0.15, -0.1) is 0 Å². The Balaban J connectivity index is 1.33.